The molecular formula is C28H27ClN2O6S. The minimum atomic E-state index is -0.652. The highest BCUT2D eigenvalue weighted by molar-refractivity contribution is 7.16. The average Bonchev–Trinajstić information content (AvgIpc) is 3.23. The van der Waals surface area contributed by atoms with Crippen molar-refractivity contribution in [1.82, 2.24) is 4.57 Å². The third-order valence-electron chi connectivity index (χ3n) is 5.90. The largest absolute Gasteiger partial charge is 0.492 e. The van der Waals surface area contributed by atoms with Gasteiger partial charge in [-0.3, -0.25) is 9.36 Å². The molecule has 0 saturated carbocycles. The molecule has 198 valence electrons. The molecule has 1 N–H and O–H groups in total. The van der Waals surface area contributed by atoms with Crippen LogP contribution < -0.4 is 9.61 Å². The Hall–Kier alpha value is -3.66. The number of carbonyl (C=O) groups is 1. The summed E-state index contributed by atoms with van der Waals surface area (Å²) < 4.78 is 18.6. The fourth-order valence-electron chi connectivity index (χ4n) is 4.08. The van der Waals surface area contributed by atoms with Crippen LogP contribution in [0.4, 0.5) is 0 Å². The number of hydrogen-bond acceptors (Lipinski definition) is 8. The summed E-state index contributed by atoms with van der Waals surface area (Å²) in [6.45, 7) is 2.90. The summed E-state index contributed by atoms with van der Waals surface area (Å²) >= 11 is 7.21. The Morgan fingerprint density at radius 3 is 2.55 bits per heavy atom. The topological polar surface area (TPSA) is 99.4 Å². The molecule has 4 aromatic rings. The molecule has 4 rings (SSSR count). The Morgan fingerprint density at radius 2 is 1.87 bits per heavy atom. The maximum Gasteiger partial charge on any atom is 0.335 e. The van der Waals surface area contributed by atoms with Gasteiger partial charge >= 0.3 is 10.8 Å². The minimum absolute atomic E-state index is 0.105. The van der Waals surface area contributed by atoms with Crippen molar-refractivity contribution in [1.29, 1.82) is 0 Å². The third-order valence-corrected chi connectivity index (χ3v) is 7.08. The Labute approximate surface area is 228 Å². The number of oxime groups is 1. The lowest BCUT2D eigenvalue weighted by Gasteiger charge is -2.15. The monoisotopic (exact) mass is 554 g/mol. The smallest absolute Gasteiger partial charge is 0.335 e. The lowest BCUT2D eigenvalue weighted by Crippen LogP contribution is -2.28. The lowest BCUT2D eigenvalue weighted by atomic mass is 10.0. The number of benzene rings is 3. The number of ether oxygens (including phenoxy) is 3. The molecule has 0 spiro atoms. The second-order valence-electron chi connectivity index (χ2n) is 8.32. The Balaban J connectivity index is 1.42. The van der Waals surface area contributed by atoms with Gasteiger partial charge in [-0.1, -0.05) is 58.4 Å². The first kappa shape index (κ1) is 27.4. The van der Waals surface area contributed by atoms with Crippen molar-refractivity contribution in [3.05, 3.63) is 98.1 Å². The molecule has 0 radical (unpaired) electrons. The maximum atomic E-state index is 12.7. The number of esters is 1. The predicted octanol–water partition coefficient (Wildman–Crippen LogP) is 5.14. The number of hydrogen-bond donors (Lipinski definition) is 1. The van der Waals surface area contributed by atoms with E-state index >= 15 is 0 Å². The number of halogens is 1. The second-order valence-corrected chi connectivity index (χ2v) is 9.75. The Bertz CT molecular complexity index is 1500. The van der Waals surface area contributed by atoms with Gasteiger partial charge in [0.15, 0.2) is 6.10 Å². The number of fused-ring (bicyclic) bond motifs is 1. The first-order valence-electron chi connectivity index (χ1n) is 12.0. The molecule has 0 bridgehead atoms. The van der Waals surface area contributed by atoms with Crippen molar-refractivity contribution < 1.29 is 24.2 Å². The van der Waals surface area contributed by atoms with Crippen molar-refractivity contribution >= 4 is 44.8 Å². The molecule has 1 aromatic heterocycles. The van der Waals surface area contributed by atoms with Gasteiger partial charge in [0.05, 0.1) is 23.9 Å². The zero-order chi connectivity index (χ0) is 27.1. The van der Waals surface area contributed by atoms with Gasteiger partial charge in [0.25, 0.3) is 0 Å². The van der Waals surface area contributed by atoms with Crippen LogP contribution in [0.25, 0.3) is 10.2 Å². The number of rotatable bonds is 11. The van der Waals surface area contributed by atoms with E-state index in [-0.39, 0.29) is 4.87 Å². The van der Waals surface area contributed by atoms with Gasteiger partial charge in [0.1, 0.15) is 18.1 Å². The van der Waals surface area contributed by atoms with Crippen LogP contribution in [0.2, 0.25) is 5.02 Å². The van der Waals surface area contributed by atoms with Gasteiger partial charge in [-0.15, -0.1) is 0 Å². The molecule has 1 atom stereocenters. The fraction of sp³-hybridized carbons (Fsp3) is 0.250. The molecule has 10 heteroatoms. The standard InChI is InChI=1S/C28H27ClN2O6S/c1-3-36-24(27(32)35-2)15-18-7-10-22(11-8-18)37-14-13-31-23-12-9-20(17-25(23)38-28(31)33)26(30-34)19-5-4-6-21(29)16-19/h4-12,16-17,24,34H,3,13-15H2,1-2H3/b30-26-. The number of aromatic nitrogens is 1. The number of carbonyl (C=O) groups excluding carboxylic acids is 1. The van der Waals surface area contributed by atoms with Crippen molar-refractivity contribution in [3.63, 3.8) is 0 Å². The van der Waals surface area contributed by atoms with Gasteiger partial charge in [-0.05, 0) is 48.9 Å². The van der Waals surface area contributed by atoms with Crippen LogP contribution in [0.1, 0.15) is 23.6 Å². The molecule has 0 amide bonds. The van der Waals surface area contributed by atoms with Crippen molar-refractivity contribution in [3.8, 4) is 5.75 Å². The van der Waals surface area contributed by atoms with E-state index in [9.17, 15) is 14.8 Å². The van der Waals surface area contributed by atoms with Gasteiger partial charge in [-0.2, -0.15) is 0 Å². The van der Waals surface area contributed by atoms with Crippen molar-refractivity contribution in [2.45, 2.75) is 26.0 Å². The van der Waals surface area contributed by atoms with E-state index in [1.54, 1.807) is 28.8 Å². The summed E-state index contributed by atoms with van der Waals surface area (Å²) in [6, 6.07) is 19.9. The molecule has 8 nitrogen and oxygen atoms in total. The molecule has 1 unspecified atom stereocenters. The van der Waals surface area contributed by atoms with Crippen LogP contribution in [-0.2, 0) is 27.2 Å². The van der Waals surface area contributed by atoms with Crippen LogP contribution in [0, 0.1) is 0 Å². The number of methoxy groups -OCH3 is 1. The van der Waals surface area contributed by atoms with Crippen molar-refractivity contribution in [2.24, 2.45) is 5.16 Å². The highest BCUT2D eigenvalue weighted by atomic mass is 35.5. The average molecular weight is 555 g/mol. The van der Waals surface area contributed by atoms with Gasteiger partial charge in [0.2, 0.25) is 0 Å². The van der Waals surface area contributed by atoms with Crippen LogP contribution in [0.15, 0.2) is 76.7 Å². The van der Waals surface area contributed by atoms with Gasteiger partial charge in [0, 0.05) is 29.2 Å². The van der Waals surface area contributed by atoms with E-state index in [4.69, 9.17) is 25.8 Å². The number of nitrogens with zero attached hydrogens (tertiary/aromatic N) is 2. The highest BCUT2D eigenvalue weighted by Crippen LogP contribution is 2.23. The summed E-state index contributed by atoms with van der Waals surface area (Å²) in [4.78, 5) is 24.5. The quantitative estimate of drug-likeness (QED) is 0.119. The van der Waals surface area contributed by atoms with E-state index in [0.717, 1.165) is 27.1 Å². The maximum absolute atomic E-state index is 12.7. The van der Waals surface area contributed by atoms with E-state index in [2.05, 4.69) is 5.16 Å². The molecule has 3 aromatic carbocycles. The van der Waals surface area contributed by atoms with Crippen LogP contribution in [0.3, 0.4) is 0 Å². The molecule has 0 aliphatic rings. The molecular weight excluding hydrogens is 528 g/mol. The first-order chi connectivity index (χ1) is 18.4. The summed E-state index contributed by atoms with van der Waals surface area (Å²) in [7, 11) is 1.34. The molecule has 0 aliphatic carbocycles. The van der Waals surface area contributed by atoms with E-state index < -0.39 is 12.1 Å². The lowest BCUT2D eigenvalue weighted by molar-refractivity contribution is -0.153. The fourth-order valence-corrected chi connectivity index (χ4v) is 5.22. The normalized spacial score (nSPS) is 12.4. The van der Waals surface area contributed by atoms with Crippen LogP contribution in [0.5, 0.6) is 5.75 Å². The van der Waals surface area contributed by atoms with Crippen LogP contribution in [-0.4, -0.2) is 47.9 Å². The SMILES string of the molecule is CCOC(Cc1ccc(OCCn2c(=O)sc3cc(/C(=N\O)c4cccc(Cl)c4)ccc32)cc1)C(=O)OC. The Kier molecular flexibility index (Phi) is 9.17. The summed E-state index contributed by atoms with van der Waals surface area (Å²) in [5.41, 5.74) is 3.40. The zero-order valence-electron chi connectivity index (χ0n) is 20.9. The molecule has 0 saturated heterocycles. The van der Waals surface area contributed by atoms with E-state index in [1.807, 2.05) is 49.4 Å². The summed E-state index contributed by atoms with van der Waals surface area (Å²) in [5, 5.41) is 13.6. The highest BCUT2D eigenvalue weighted by Gasteiger charge is 2.20. The third kappa shape index (κ3) is 6.42. The Morgan fingerprint density at radius 1 is 1.11 bits per heavy atom. The van der Waals surface area contributed by atoms with Crippen molar-refractivity contribution in [2.75, 3.05) is 20.3 Å². The molecule has 38 heavy (non-hydrogen) atoms. The summed E-state index contributed by atoms with van der Waals surface area (Å²) in [6.07, 6.45) is -0.250. The molecule has 1 heterocycles. The van der Waals surface area contributed by atoms with Gasteiger partial charge < -0.3 is 19.4 Å². The second kappa shape index (κ2) is 12.7. The van der Waals surface area contributed by atoms with E-state index in [1.165, 1.54) is 7.11 Å². The molecule has 0 fully saturated rings. The zero-order valence-corrected chi connectivity index (χ0v) is 22.5. The van der Waals surface area contributed by atoms with E-state index in [0.29, 0.717) is 53.8 Å². The summed E-state index contributed by atoms with van der Waals surface area (Å²) in [5.74, 6) is 0.247. The first-order valence-corrected chi connectivity index (χ1v) is 13.2. The van der Waals surface area contributed by atoms with Crippen LogP contribution >= 0.6 is 22.9 Å². The molecule has 0 aliphatic heterocycles. The number of thiazole rings is 1. The predicted molar refractivity (Wildman–Crippen MR) is 148 cm³/mol. The van der Waals surface area contributed by atoms with Gasteiger partial charge in [-0.25, -0.2) is 4.79 Å². The minimum Gasteiger partial charge on any atom is -0.492 e.